The summed E-state index contributed by atoms with van der Waals surface area (Å²) in [5.41, 5.74) is 3.67. The fourth-order valence-electron chi connectivity index (χ4n) is 1.58. The van der Waals surface area contributed by atoms with E-state index in [1.54, 1.807) is 19.9 Å². The molecular weight excluding hydrogens is 240 g/mol. The molecule has 0 spiro atoms. The Morgan fingerprint density at radius 3 is 2.33 bits per heavy atom. The van der Waals surface area contributed by atoms with E-state index in [4.69, 9.17) is 11.0 Å². The molecule has 0 fully saturated rings. The maximum atomic E-state index is 13.6. The van der Waals surface area contributed by atoms with Crippen molar-refractivity contribution in [2.75, 3.05) is 5.32 Å². The first-order valence-corrected chi connectivity index (χ1v) is 5.21. The number of carbonyl (C=O) groups excluding carboxylic acids is 1. The minimum atomic E-state index is -0.887. The lowest BCUT2D eigenvalue weighted by Crippen LogP contribution is -2.36. The van der Waals surface area contributed by atoms with Gasteiger partial charge in [0, 0.05) is 12.0 Å². The van der Waals surface area contributed by atoms with E-state index in [1.165, 1.54) is 0 Å². The Morgan fingerprint density at radius 1 is 1.44 bits per heavy atom. The molecule has 0 radical (unpaired) electrons. The maximum Gasteiger partial charge on any atom is 0.219 e. The fourth-order valence-corrected chi connectivity index (χ4v) is 1.58. The summed E-state index contributed by atoms with van der Waals surface area (Å²) in [7, 11) is 0. The maximum absolute atomic E-state index is 13.6. The van der Waals surface area contributed by atoms with Gasteiger partial charge < -0.3 is 11.1 Å². The van der Waals surface area contributed by atoms with Crippen LogP contribution in [0.5, 0.6) is 0 Å². The van der Waals surface area contributed by atoms with Gasteiger partial charge >= 0.3 is 0 Å². The average Bonchev–Trinajstić information content (AvgIpc) is 2.21. The van der Waals surface area contributed by atoms with Gasteiger partial charge in [-0.05, 0) is 26.0 Å². The third-order valence-corrected chi connectivity index (χ3v) is 2.25. The number of hydrogen-bond donors (Lipinski definition) is 2. The number of halogens is 2. The minimum absolute atomic E-state index is 0.0775. The van der Waals surface area contributed by atoms with Crippen LogP contribution in [0.4, 0.5) is 14.5 Å². The number of carbonyl (C=O) groups is 1. The van der Waals surface area contributed by atoms with Crippen molar-refractivity contribution in [3.8, 4) is 6.07 Å². The van der Waals surface area contributed by atoms with Crippen molar-refractivity contribution in [1.29, 1.82) is 5.26 Å². The van der Waals surface area contributed by atoms with E-state index in [2.05, 4.69) is 5.32 Å². The minimum Gasteiger partial charge on any atom is -0.375 e. The SMILES string of the molecule is CC(C)(CC(N)=O)Nc1c(F)cc(C#N)cc1F. The zero-order valence-electron chi connectivity index (χ0n) is 10.1. The number of nitrogens with one attached hydrogen (secondary N) is 1. The number of primary amides is 1. The van der Waals surface area contributed by atoms with E-state index < -0.39 is 23.1 Å². The molecule has 4 nitrogen and oxygen atoms in total. The van der Waals surface area contributed by atoms with Gasteiger partial charge in [0.1, 0.15) is 5.69 Å². The molecule has 3 N–H and O–H groups in total. The summed E-state index contributed by atoms with van der Waals surface area (Å²) in [4.78, 5) is 10.8. The first-order chi connectivity index (χ1) is 8.25. The molecule has 6 heteroatoms. The van der Waals surface area contributed by atoms with E-state index in [9.17, 15) is 13.6 Å². The van der Waals surface area contributed by atoms with Gasteiger partial charge in [0.05, 0.1) is 11.6 Å². The molecule has 18 heavy (non-hydrogen) atoms. The molecule has 0 bridgehead atoms. The number of hydrogen-bond acceptors (Lipinski definition) is 3. The Labute approximate surface area is 103 Å². The molecule has 1 aromatic rings. The molecule has 0 saturated carbocycles. The highest BCUT2D eigenvalue weighted by Gasteiger charge is 2.23. The summed E-state index contributed by atoms with van der Waals surface area (Å²) in [6.07, 6.45) is -0.0775. The van der Waals surface area contributed by atoms with Crippen LogP contribution in [-0.4, -0.2) is 11.4 Å². The summed E-state index contributed by atoms with van der Waals surface area (Å²) in [5, 5.41) is 11.1. The lowest BCUT2D eigenvalue weighted by molar-refractivity contribution is -0.118. The lowest BCUT2D eigenvalue weighted by Gasteiger charge is -2.26. The molecule has 0 aliphatic rings. The van der Waals surface area contributed by atoms with E-state index in [0.29, 0.717) is 0 Å². The van der Waals surface area contributed by atoms with Gasteiger partial charge in [0.15, 0.2) is 11.6 Å². The molecule has 0 aliphatic heterocycles. The number of nitriles is 1. The van der Waals surface area contributed by atoms with E-state index in [1.807, 2.05) is 0 Å². The van der Waals surface area contributed by atoms with Gasteiger partial charge in [-0.25, -0.2) is 8.78 Å². The van der Waals surface area contributed by atoms with Gasteiger partial charge in [-0.1, -0.05) is 0 Å². The van der Waals surface area contributed by atoms with Crippen LogP contribution < -0.4 is 11.1 Å². The molecule has 96 valence electrons. The third-order valence-electron chi connectivity index (χ3n) is 2.25. The second-order valence-electron chi connectivity index (χ2n) is 4.58. The van der Waals surface area contributed by atoms with Crippen molar-refractivity contribution in [1.82, 2.24) is 0 Å². The smallest absolute Gasteiger partial charge is 0.219 e. The number of rotatable bonds is 4. The summed E-state index contributed by atoms with van der Waals surface area (Å²) in [6.45, 7) is 3.18. The zero-order valence-corrected chi connectivity index (χ0v) is 10.1. The molecule has 0 saturated heterocycles. The van der Waals surface area contributed by atoms with Crippen molar-refractivity contribution in [3.05, 3.63) is 29.3 Å². The number of benzene rings is 1. The summed E-state index contributed by atoms with van der Waals surface area (Å²) in [6, 6.07) is 3.49. The molecule has 1 aromatic carbocycles. The highest BCUT2D eigenvalue weighted by Crippen LogP contribution is 2.25. The Kier molecular flexibility index (Phi) is 3.86. The molecule has 0 unspecified atom stereocenters. The monoisotopic (exact) mass is 253 g/mol. The predicted molar refractivity (Wildman–Crippen MR) is 62.6 cm³/mol. The largest absolute Gasteiger partial charge is 0.375 e. The highest BCUT2D eigenvalue weighted by molar-refractivity contribution is 5.75. The summed E-state index contributed by atoms with van der Waals surface area (Å²) >= 11 is 0. The van der Waals surface area contributed by atoms with Crippen molar-refractivity contribution < 1.29 is 13.6 Å². The van der Waals surface area contributed by atoms with Crippen LogP contribution in [0, 0.1) is 23.0 Å². The van der Waals surface area contributed by atoms with E-state index in [0.717, 1.165) is 12.1 Å². The van der Waals surface area contributed by atoms with Crippen molar-refractivity contribution >= 4 is 11.6 Å². The Bertz CT molecular complexity index is 498. The molecule has 0 aliphatic carbocycles. The zero-order chi connectivity index (χ0) is 13.9. The Balaban J connectivity index is 3.05. The third kappa shape index (κ3) is 3.42. The second kappa shape index (κ2) is 5.00. The predicted octanol–water partition coefficient (Wildman–Crippen LogP) is 1.90. The van der Waals surface area contributed by atoms with Gasteiger partial charge in [-0.15, -0.1) is 0 Å². The first-order valence-electron chi connectivity index (χ1n) is 5.21. The van der Waals surface area contributed by atoms with E-state index in [-0.39, 0.29) is 17.7 Å². The van der Waals surface area contributed by atoms with Crippen molar-refractivity contribution in [2.45, 2.75) is 25.8 Å². The van der Waals surface area contributed by atoms with Crippen molar-refractivity contribution in [3.63, 3.8) is 0 Å². The fraction of sp³-hybridized carbons (Fsp3) is 0.333. The molecular formula is C12H13F2N3O. The van der Waals surface area contributed by atoms with Crippen LogP contribution >= 0.6 is 0 Å². The summed E-state index contributed by atoms with van der Waals surface area (Å²) < 4.78 is 27.2. The van der Waals surface area contributed by atoms with Crippen LogP contribution in [0.1, 0.15) is 25.8 Å². The van der Waals surface area contributed by atoms with Crippen LogP contribution in [0.25, 0.3) is 0 Å². The Morgan fingerprint density at radius 2 is 1.94 bits per heavy atom. The van der Waals surface area contributed by atoms with Gasteiger partial charge in [0.2, 0.25) is 5.91 Å². The van der Waals surface area contributed by atoms with Crippen LogP contribution in [-0.2, 0) is 4.79 Å². The average molecular weight is 253 g/mol. The van der Waals surface area contributed by atoms with Crippen LogP contribution in [0.15, 0.2) is 12.1 Å². The summed E-state index contributed by atoms with van der Waals surface area (Å²) in [5.74, 6) is -2.35. The van der Waals surface area contributed by atoms with E-state index >= 15 is 0 Å². The highest BCUT2D eigenvalue weighted by atomic mass is 19.1. The number of anilines is 1. The quantitative estimate of drug-likeness (QED) is 0.860. The van der Waals surface area contributed by atoms with Crippen LogP contribution in [0.2, 0.25) is 0 Å². The molecule has 0 atom stereocenters. The Hall–Kier alpha value is -2.16. The number of nitrogens with two attached hydrogens (primary N) is 1. The number of amides is 1. The lowest BCUT2D eigenvalue weighted by atomic mass is 9.99. The standard InChI is InChI=1S/C12H13F2N3O/c1-12(2,5-10(16)18)17-11-8(13)3-7(6-15)4-9(11)14/h3-4,17H,5H2,1-2H3,(H2,16,18). The van der Waals surface area contributed by atoms with Gasteiger partial charge in [-0.3, -0.25) is 4.79 Å². The molecule has 1 rings (SSSR count). The second-order valence-corrected chi connectivity index (χ2v) is 4.58. The van der Waals surface area contributed by atoms with Crippen molar-refractivity contribution in [2.24, 2.45) is 5.73 Å². The normalized spacial score (nSPS) is 10.8. The topological polar surface area (TPSA) is 78.9 Å². The van der Waals surface area contributed by atoms with Crippen LogP contribution in [0.3, 0.4) is 0 Å². The molecule has 0 heterocycles. The number of nitrogens with zero attached hydrogens (tertiary/aromatic N) is 1. The molecule has 1 amide bonds. The first kappa shape index (κ1) is 13.9. The molecule has 0 aromatic heterocycles. The van der Waals surface area contributed by atoms with Gasteiger partial charge in [0.25, 0.3) is 0 Å². The van der Waals surface area contributed by atoms with Gasteiger partial charge in [-0.2, -0.15) is 5.26 Å².